The largest absolute Gasteiger partial charge is 0.394 e. The summed E-state index contributed by atoms with van der Waals surface area (Å²) in [6.45, 7) is 0.351. The fourth-order valence-electron chi connectivity index (χ4n) is 2.24. The third kappa shape index (κ3) is 2.55. The normalized spacial score (nSPS) is 18.6. The second kappa shape index (κ2) is 5.31. The summed E-state index contributed by atoms with van der Waals surface area (Å²) >= 11 is 0. The Bertz CT molecular complexity index is 520. The van der Waals surface area contributed by atoms with Gasteiger partial charge in [0.15, 0.2) is 0 Å². The summed E-state index contributed by atoms with van der Waals surface area (Å²) < 4.78 is 13.2. The topological polar surface area (TPSA) is 83.7 Å². The molecule has 0 bridgehead atoms. The van der Waals surface area contributed by atoms with Gasteiger partial charge in [-0.15, -0.1) is 0 Å². The van der Waals surface area contributed by atoms with Gasteiger partial charge < -0.3 is 10.0 Å². The maximum atomic E-state index is 13.2. The first-order valence-electron chi connectivity index (χ1n) is 5.90. The van der Waals surface area contributed by atoms with Crippen LogP contribution in [-0.2, 0) is 0 Å². The lowest BCUT2D eigenvalue weighted by molar-refractivity contribution is -0.387. The summed E-state index contributed by atoms with van der Waals surface area (Å²) in [5.74, 6) is -1.39. The first-order chi connectivity index (χ1) is 9.04. The number of aliphatic hydroxyl groups is 1. The molecule has 19 heavy (non-hydrogen) atoms. The molecule has 1 aliphatic rings. The molecule has 1 fully saturated rings. The smallest absolute Gasteiger partial charge is 0.305 e. The second-order valence-electron chi connectivity index (χ2n) is 4.40. The summed E-state index contributed by atoms with van der Waals surface area (Å²) in [5, 5.41) is 19.8. The van der Waals surface area contributed by atoms with Crippen LogP contribution in [0.3, 0.4) is 0 Å². The Morgan fingerprint density at radius 2 is 2.32 bits per heavy atom. The number of benzene rings is 1. The zero-order chi connectivity index (χ0) is 14.0. The lowest BCUT2D eigenvalue weighted by Crippen LogP contribution is -2.37. The summed E-state index contributed by atoms with van der Waals surface area (Å²) in [7, 11) is 0. The van der Waals surface area contributed by atoms with Gasteiger partial charge in [0, 0.05) is 18.2 Å². The van der Waals surface area contributed by atoms with Gasteiger partial charge in [-0.25, -0.2) is 0 Å². The maximum absolute atomic E-state index is 13.2. The van der Waals surface area contributed by atoms with E-state index in [4.69, 9.17) is 5.11 Å². The van der Waals surface area contributed by atoms with Gasteiger partial charge in [0.2, 0.25) is 5.82 Å². The number of carbonyl (C=O) groups is 1. The van der Waals surface area contributed by atoms with Crippen LogP contribution in [-0.4, -0.2) is 40.0 Å². The number of nitro groups is 1. The number of carbonyl (C=O) groups excluding carboxylic acids is 1. The Balaban J connectivity index is 2.29. The van der Waals surface area contributed by atoms with Gasteiger partial charge in [-0.05, 0) is 25.0 Å². The van der Waals surface area contributed by atoms with Crippen LogP contribution in [0.1, 0.15) is 23.2 Å². The summed E-state index contributed by atoms with van der Waals surface area (Å²) in [4.78, 5) is 23.4. The van der Waals surface area contributed by atoms with Crippen molar-refractivity contribution in [1.29, 1.82) is 0 Å². The lowest BCUT2D eigenvalue weighted by atomic mass is 10.1. The molecule has 0 spiro atoms. The molecular weight excluding hydrogens is 255 g/mol. The van der Waals surface area contributed by atoms with Crippen molar-refractivity contribution in [3.05, 3.63) is 39.7 Å². The van der Waals surface area contributed by atoms with Gasteiger partial charge in [0.25, 0.3) is 5.91 Å². The van der Waals surface area contributed by atoms with Crippen molar-refractivity contribution in [2.24, 2.45) is 0 Å². The summed E-state index contributed by atoms with van der Waals surface area (Å²) in [5.41, 5.74) is -0.654. The summed E-state index contributed by atoms with van der Waals surface area (Å²) in [6.07, 6.45) is 1.48. The number of hydrogen-bond acceptors (Lipinski definition) is 4. The van der Waals surface area contributed by atoms with Crippen molar-refractivity contribution in [3.63, 3.8) is 0 Å². The number of rotatable bonds is 3. The quantitative estimate of drug-likeness (QED) is 0.662. The molecule has 1 atom stereocenters. The van der Waals surface area contributed by atoms with Crippen LogP contribution in [0, 0.1) is 15.9 Å². The average Bonchev–Trinajstić information content (AvgIpc) is 2.86. The van der Waals surface area contributed by atoms with E-state index in [1.54, 1.807) is 0 Å². The SMILES string of the molecule is O=C(c1ccc(F)c([N+](=O)[O-])c1)N1CCCC1CO. The highest BCUT2D eigenvalue weighted by Gasteiger charge is 2.30. The average molecular weight is 268 g/mol. The van der Waals surface area contributed by atoms with Crippen LogP contribution in [0.2, 0.25) is 0 Å². The van der Waals surface area contributed by atoms with E-state index in [-0.39, 0.29) is 18.2 Å². The van der Waals surface area contributed by atoms with Crippen LogP contribution in [0.15, 0.2) is 18.2 Å². The minimum absolute atomic E-state index is 0.0634. The van der Waals surface area contributed by atoms with E-state index in [2.05, 4.69) is 0 Å². The molecule has 2 rings (SSSR count). The van der Waals surface area contributed by atoms with Crippen LogP contribution in [0.5, 0.6) is 0 Å². The van der Waals surface area contributed by atoms with E-state index >= 15 is 0 Å². The monoisotopic (exact) mass is 268 g/mol. The molecule has 1 amide bonds. The Morgan fingerprint density at radius 1 is 1.58 bits per heavy atom. The molecule has 1 aliphatic heterocycles. The molecule has 0 radical (unpaired) electrons. The fraction of sp³-hybridized carbons (Fsp3) is 0.417. The highest BCUT2D eigenvalue weighted by Crippen LogP contribution is 2.23. The van der Waals surface area contributed by atoms with Crippen molar-refractivity contribution in [1.82, 2.24) is 4.90 Å². The second-order valence-corrected chi connectivity index (χ2v) is 4.40. The fourth-order valence-corrected chi connectivity index (χ4v) is 2.24. The molecule has 1 aromatic rings. The van der Waals surface area contributed by atoms with Crippen molar-refractivity contribution < 1.29 is 19.2 Å². The number of amides is 1. The van der Waals surface area contributed by atoms with Crippen molar-refractivity contribution >= 4 is 11.6 Å². The molecule has 1 aromatic carbocycles. The molecule has 0 aliphatic carbocycles. The predicted octanol–water partition coefficient (Wildman–Crippen LogP) is 1.33. The van der Waals surface area contributed by atoms with E-state index in [0.717, 1.165) is 18.6 Å². The van der Waals surface area contributed by atoms with E-state index in [1.165, 1.54) is 11.0 Å². The molecule has 1 saturated heterocycles. The highest BCUT2D eigenvalue weighted by molar-refractivity contribution is 5.95. The molecular formula is C12H13FN2O4. The van der Waals surface area contributed by atoms with E-state index in [1.807, 2.05) is 0 Å². The standard InChI is InChI=1S/C12H13FN2O4/c13-10-4-3-8(6-11(10)15(18)19)12(17)14-5-1-2-9(14)7-16/h3-4,6,9,16H,1-2,5,7H2. The zero-order valence-electron chi connectivity index (χ0n) is 10.1. The third-order valence-electron chi connectivity index (χ3n) is 3.24. The number of hydrogen-bond donors (Lipinski definition) is 1. The molecule has 0 saturated carbocycles. The Hall–Kier alpha value is -2.02. The molecule has 0 aromatic heterocycles. The minimum Gasteiger partial charge on any atom is -0.394 e. The number of nitrogens with zero attached hydrogens (tertiary/aromatic N) is 2. The number of nitro benzene ring substituents is 1. The van der Waals surface area contributed by atoms with Crippen molar-refractivity contribution in [2.75, 3.05) is 13.2 Å². The Labute approximate surface area is 108 Å². The van der Waals surface area contributed by atoms with E-state index < -0.39 is 22.3 Å². The molecule has 1 N–H and O–H groups in total. The molecule has 102 valence electrons. The van der Waals surface area contributed by atoms with Gasteiger partial charge >= 0.3 is 5.69 Å². The van der Waals surface area contributed by atoms with Gasteiger partial charge in [0.05, 0.1) is 17.6 Å². The van der Waals surface area contributed by atoms with Gasteiger partial charge in [-0.3, -0.25) is 14.9 Å². The first kappa shape index (κ1) is 13.4. The van der Waals surface area contributed by atoms with Crippen LogP contribution in [0.4, 0.5) is 10.1 Å². The van der Waals surface area contributed by atoms with Gasteiger partial charge in [-0.2, -0.15) is 4.39 Å². The lowest BCUT2D eigenvalue weighted by Gasteiger charge is -2.22. The van der Waals surface area contributed by atoms with E-state index in [0.29, 0.717) is 13.0 Å². The van der Waals surface area contributed by atoms with E-state index in [9.17, 15) is 19.3 Å². The predicted molar refractivity (Wildman–Crippen MR) is 64.2 cm³/mol. The zero-order valence-corrected chi connectivity index (χ0v) is 10.1. The number of likely N-dealkylation sites (tertiary alicyclic amines) is 1. The molecule has 6 nitrogen and oxygen atoms in total. The molecule has 7 heteroatoms. The first-order valence-corrected chi connectivity index (χ1v) is 5.90. The number of aliphatic hydroxyl groups excluding tert-OH is 1. The minimum atomic E-state index is -0.971. The summed E-state index contributed by atoms with van der Waals surface area (Å²) in [6, 6.07) is 2.80. The van der Waals surface area contributed by atoms with Gasteiger partial charge in [-0.1, -0.05) is 0 Å². The van der Waals surface area contributed by atoms with Crippen molar-refractivity contribution in [3.8, 4) is 0 Å². The Morgan fingerprint density at radius 3 is 2.95 bits per heavy atom. The highest BCUT2D eigenvalue weighted by atomic mass is 19.1. The van der Waals surface area contributed by atoms with Crippen LogP contribution < -0.4 is 0 Å². The van der Waals surface area contributed by atoms with Crippen LogP contribution >= 0.6 is 0 Å². The number of halogens is 1. The maximum Gasteiger partial charge on any atom is 0.305 e. The van der Waals surface area contributed by atoms with Gasteiger partial charge in [0.1, 0.15) is 0 Å². The molecule has 1 unspecified atom stereocenters. The third-order valence-corrected chi connectivity index (χ3v) is 3.24. The Kier molecular flexibility index (Phi) is 3.75. The molecule has 1 heterocycles. The van der Waals surface area contributed by atoms with Crippen molar-refractivity contribution in [2.45, 2.75) is 18.9 Å². The van der Waals surface area contributed by atoms with Crippen LogP contribution in [0.25, 0.3) is 0 Å².